The fourth-order valence-electron chi connectivity index (χ4n) is 1.85. The Hall–Kier alpha value is -3.13. The summed E-state index contributed by atoms with van der Waals surface area (Å²) in [6, 6.07) is 3.97. The van der Waals surface area contributed by atoms with Gasteiger partial charge in [0, 0.05) is 0 Å². The second kappa shape index (κ2) is 6.40. The Morgan fingerprint density at radius 1 is 1.04 bits per heavy atom. The molecule has 6 nitrogen and oxygen atoms in total. The van der Waals surface area contributed by atoms with Crippen LogP contribution in [-0.2, 0) is 10.0 Å². The van der Waals surface area contributed by atoms with Crippen LogP contribution in [0.25, 0.3) is 0 Å². The zero-order valence-electron chi connectivity index (χ0n) is 11.8. The number of rotatable bonds is 4. The number of benzene rings is 2. The van der Waals surface area contributed by atoms with Gasteiger partial charge in [-0.15, -0.1) is 0 Å². The highest BCUT2D eigenvalue weighted by Crippen LogP contribution is 2.26. The summed E-state index contributed by atoms with van der Waals surface area (Å²) in [6.07, 6.45) is 0. The number of carboxylic acid groups (broad SMARTS) is 1. The first-order valence-electron chi connectivity index (χ1n) is 6.21. The zero-order valence-corrected chi connectivity index (χ0v) is 12.7. The van der Waals surface area contributed by atoms with Crippen molar-refractivity contribution in [2.75, 3.05) is 4.72 Å². The lowest BCUT2D eigenvalue weighted by Crippen LogP contribution is -2.18. The van der Waals surface area contributed by atoms with Crippen LogP contribution in [0.15, 0.2) is 29.2 Å². The van der Waals surface area contributed by atoms with Gasteiger partial charge in [0.15, 0.2) is 17.5 Å². The van der Waals surface area contributed by atoms with Crippen molar-refractivity contribution in [2.24, 2.45) is 0 Å². The Morgan fingerprint density at radius 3 is 2.24 bits per heavy atom. The molecule has 0 saturated heterocycles. The van der Waals surface area contributed by atoms with Crippen LogP contribution in [0.4, 0.5) is 23.2 Å². The monoisotopic (exact) mass is 374 g/mol. The predicted octanol–water partition coefficient (Wildman–Crippen LogP) is 2.61. The molecule has 0 heterocycles. The summed E-state index contributed by atoms with van der Waals surface area (Å²) in [4.78, 5) is 9.33. The lowest BCUT2D eigenvalue weighted by atomic mass is 10.2. The van der Waals surface area contributed by atoms with Crippen LogP contribution in [0.2, 0.25) is 0 Å². The Labute approximate surface area is 138 Å². The molecule has 0 aromatic heterocycles. The average Bonchev–Trinajstić information content (AvgIpc) is 2.51. The Kier molecular flexibility index (Phi) is 4.67. The molecule has 0 unspecified atom stereocenters. The van der Waals surface area contributed by atoms with Crippen LogP contribution < -0.4 is 4.72 Å². The summed E-state index contributed by atoms with van der Waals surface area (Å²) in [5.41, 5.74) is -2.18. The molecule has 0 radical (unpaired) electrons. The van der Waals surface area contributed by atoms with Crippen LogP contribution in [0.3, 0.4) is 0 Å². The molecule has 0 aliphatic heterocycles. The summed E-state index contributed by atoms with van der Waals surface area (Å²) < 4.78 is 79.8. The molecule has 0 atom stereocenters. The van der Waals surface area contributed by atoms with Gasteiger partial charge in [0.25, 0.3) is 10.0 Å². The first kappa shape index (κ1) is 18.2. The molecule has 0 bridgehead atoms. The third-order valence-corrected chi connectivity index (χ3v) is 4.29. The molecule has 2 N–H and O–H groups in total. The van der Waals surface area contributed by atoms with E-state index >= 15 is 0 Å². The Balaban J connectivity index is 2.60. The van der Waals surface area contributed by atoms with E-state index in [1.54, 1.807) is 10.8 Å². The molecule has 25 heavy (non-hydrogen) atoms. The van der Waals surface area contributed by atoms with Gasteiger partial charge in [0.05, 0.1) is 22.9 Å². The Bertz CT molecular complexity index is 1030. The number of halogens is 4. The van der Waals surface area contributed by atoms with Crippen molar-refractivity contribution in [3.63, 3.8) is 0 Å². The summed E-state index contributed by atoms with van der Waals surface area (Å²) in [6.45, 7) is 0. The molecular weight excluding hydrogens is 368 g/mol. The van der Waals surface area contributed by atoms with E-state index in [0.29, 0.717) is 6.07 Å². The summed E-state index contributed by atoms with van der Waals surface area (Å²) >= 11 is 0. The summed E-state index contributed by atoms with van der Waals surface area (Å²) in [5, 5.41) is 17.4. The number of carboxylic acids is 1. The van der Waals surface area contributed by atoms with E-state index < -0.39 is 55.4 Å². The maximum atomic E-state index is 13.8. The van der Waals surface area contributed by atoms with E-state index in [1.807, 2.05) is 0 Å². The van der Waals surface area contributed by atoms with Gasteiger partial charge >= 0.3 is 5.97 Å². The number of sulfonamides is 1. The molecule has 130 valence electrons. The third kappa shape index (κ3) is 3.53. The van der Waals surface area contributed by atoms with E-state index in [4.69, 9.17) is 10.4 Å². The molecule has 0 amide bonds. The number of carbonyl (C=O) groups is 1. The van der Waals surface area contributed by atoms with Crippen molar-refractivity contribution in [1.29, 1.82) is 5.26 Å². The van der Waals surface area contributed by atoms with E-state index in [1.165, 1.54) is 0 Å². The zero-order chi connectivity index (χ0) is 18.9. The minimum Gasteiger partial charge on any atom is -0.478 e. The molecule has 11 heteroatoms. The molecular formula is C14H6F4N2O4S. The van der Waals surface area contributed by atoms with Crippen molar-refractivity contribution in [3.05, 3.63) is 58.7 Å². The van der Waals surface area contributed by atoms with Gasteiger partial charge < -0.3 is 5.11 Å². The second-order valence-corrected chi connectivity index (χ2v) is 6.27. The molecule has 0 spiro atoms. The molecule has 2 aromatic rings. The summed E-state index contributed by atoms with van der Waals surface area (Å²) in [7, 11) is -4.95. The van der Waals surface area contributed by atoms with Gasteiger partial charge in [-0.3, -0.25) is 4.72 Å². The number of nitrogens with one attached hydrogen (secondary N) is 1. The molecule has 2 aromatic carbocycles. The van der Waals surface area contributed by atoms with Crippen molar-refractivity contribution in [2.45, 2.75) is 4.90 Å². The topological polar surface area (TPSA) is 107 Å². The van der Waals surface area contributed by atoms with E-state index in [0.717, 1.165) is 12.1 Å². The first-order chi connectivity index (χ1) is 11.6. The predicted molar refractivity (Wildman–Crippen MR) is 75.2 cm³/mol. The lowest BCUT2D eigenvalue weighted by Gasteiger charge is -2.11. The van der Waals surface area contributed by atoms with E-state index in [-0.39, 0.29) is 11.6 Å². The number of hydrogen-bond acceptors (Lipinski definition) is 4. The van der Waals surface area contributed by atoms with Crippen molar-refractivity contribution < 1.29 is 35.9 Å². The number of anilines is 1. The lowest BCUT2D eigenvalue weighted by molar-refractivity contribution is 0.0690. The number of nitrogens with zero attached hydrogens (tertiary/aromatic N) is 1. The van der Waals surface area contributed by atoms with E-state index in [9.17, 15) is 30.8 Å². The maximum Gasteiger partial charge on any atom is 0.338 e. The fourth-order valence-corrected chi connectivity index (χ4v) is 2.99. The summed E-state index contributed by atoms with van der Waals surface area (Å²) in [5.74, 6) is -9.52. The normalized spacial score (nSPS) is 11.0. The van der Waals surface area contributed by atoms with Gasteiger partial charge in [0.2, 0.25) is 0 Å². The van der Waals surface area contributed by atoms with Crippen molar-refractivity contribution >= 4 is 21.7 Å². The molecule has 0 saturated carbocycles. The third-order valence-electron chi connectivity index (χ3n) is 2.91. The van der Waals surface area contributed by atoms with Gasteiger partial charge in [0.1, 0.15) is 10.7 Å². The number of aromatic carboxylic acids is 1. The van der Waals surface area contributed by atoms with Gasteiger partial charge in [-0.25, -0.2) is 30.8 Å². The maximum absolute atomic E-state index is 13.8. The molecule has 0 aliphatic rings. The quantitative estimate of drug-likeness (QED) is 0.632. The van der Waals surface area contributed by atoms with E-state index in [2.05, 4.69) is 0 Å². The van der Waals surface area contributed by atoms with Crippen LogP contribution in [-0.4, -0.2) is 19.5 Å². The van der Waals surface area contributed by atoms with Crippen LogP contribution >= 0.6 is 0 Å². The largest absolute Gasteiger partial charge is 0.478 e. The minimum absolute atomic E-state index is 0.0862. The number of nitriles is 1. The first-order valence-corrected chi connectivity index (χ1v) is 7.69. The van der Waals surface area contributed by atoms with Gasteiger partial charge in [-0.1, -0.05) is 0 Å². The average molecular weight is 374 g/mol. The molecule has 0 aliphatic carbocycles. The smallest absolute Gasteiger partial charge is 0.338 e. The molecule has 0 fully saturated rings. The highest BCUT2D eigenvalue weighted by Gasteiger charge is 2.29. The number of hydrogen-bond donors (Lipinski definition) is 2. The Morgan fingerprint density at radius 2 is 1.68 bits per heavy atom. The fraction of sp³-hybridized carbons (Fsp3) is 0. The van der Waals surface area contributed by atoms with Crippen molar-refractivity contribution in [3.8, 4) is 6.07 Å². The van der Waals surface area contributed by atoms with Crippen molar-refractivity contribution in [1.82, 2.24) is 0 Å². The minimum atomic E-state index is -4.95. The van der Waals surface area contributed by atoms with Crippen LogP contribution in [0.1, 0.15) is 15.9 Å². The van der Waals surface area contributed by atoms with Crippen LogP contribution in [0.5, 0.6) is 0 Å². The molecule has 2 rings (SSSR count). The highest BCUT2D eigenvalue weighted by molar-refractivity contribution is 7.92. The SMILES string of the molecule is N#Cc1cc(F)cc(NS(=O)(=O)c2cc(C(=O)O)c(F)c(F)c2F)c1. The van der Waals surface area contributed by atoms with Crippen LogP contribution in [0, 0.1) is 34.6 Å². The second-order valence-electron chi connectivity index (χ2n) is 4.62. The standard InChI is InChI=1S/C14H6F4N2O4S/c15-7-1-6(5-19)2-8(3-7)20-25(23,24)10-4-9(14(21)22)11(16)13(18)12(10)17/h1-4,20H,(H,21,22). The highest BCUT2D eigenvalue weighted by atomic mass is 32.2. The van der Waals surface area contributed by atoms with Gasteiger partial charge in [-0.05, 0) is 24.3 Å². The van der Waals surface area contributed by atoms with Gasteiger partial charge in [-0.2, -0.15) is 5.26 Å².